The molecule has 17 nitrogen and oxygen atoms in total. The largest absolute Gasteiger partial charge is 0.402 e. The average molecular weight is 833 g/mol. The number of ether oxygens (including phenoxy) is 6. The van der Waals surface area contributed by atoms with Crippen LogP contribution in [0, 0.1) is 13.8 Å². The highest BCUT2D eigenvalue weighted by Gasteiger charge is 2.37. The number of ketones is 1. The van der Waals surface area contributed by atoms with E-state index in [-0.39, 0.29) is 24.4 Å². The molecule has 61 heavy (non-hydrogen) atoms. The van der Waals surface area contributed by atoms with Crippen LogP contribution in [-0.4, -0.2) is 101 Å². The number of carbonyl (C=O) groups is 1. The molecule has 5 fully saturated rings. The molecule has 2 aromatic carbocycles. The van der Waals surface area contributed by atoms with E-state index in [1.54, 1.807) is 6.92 Å². The lowest BCUT2D eigenvalue weighted by molar-refractivity contribution is -0.148. The molecule has 0 radical (unpaired) electrons. The molecule has 6 aromatic rings. The third kappa shape index (κ3) is 8.45. The molecule has 3 saturated heterocycles. The van der Waals surface area contributed by atoms with Gasteiger partial charge >= 0.3 is 12.0 Å². The van der Waals surface area contributed by atoms with Crippen LogP contribution in [-0.2, 0) is 34.2 Å². The topological polar surface area (TPSA) is 200 Å². The van der Waals surface area contributed by atoms with Crippen molar-refractivity contribution in [2.24, 2.45) is 0 Å². The molecule has 0 spiro atoms. The maximum absolute atomic E-state index is 12.3. The second kappa shape index (κ2) is 16.4. The van der Waals surface area contributed by atoms with E-state index < -0.39 is 5.79 Å². The average Bonchev–Trinajstić information content (AvgIpc) is 3.82. The minimum Gasteiger partial charge on any atom is -0.402 e. The van der Waals surface area contributed by atoms with E-state index in [2.05, 4.69) is 56.2 Å². The summed E-state index contributed by atoms with van der Waals surface area (Å²) < 4.78 is 45.2. The lowest BCUT2D eigenvalue weighted by Crippen LogP contribution is -2.23. The normalized spacial score (nSPS) is 19.1. The zero-order chi connectivity index (χ0) is 41.7. The maximum atomic E-state index is 12.3. The molecule has 5 aliphatic rings. The van der Waals surface area contributed by atoms with Gasteiger partial charge in [-0.1, -0.05) is 10.2 Å². The van der Waals surface area contributed by atoms with Gasteiger partial charge in [-0.05, 0) is 124 Å². The van der Waals surface area contributed by atoms with Gasteiger partial charge in [-0.25, -0.2) is 9.97 Å². The lowest BCUT2D eigenvalue weighted by Gasteiger charge is -2.25. The van der Waals surface area contributed by atoms with E-state index in [0.717, 1.165) is 33.0 Å². The SMILES string of the molecule is CC(=O)c1cc(C2CC2)cc2c(C)cc(-c3nnc(NCC4OCCO4)o3)nc12.Cc1cc(-c2nnc(NCC3OCCO3)o2)nc2c(C3(C)OCCO3)cc(C3CC3)cc12. The maximum Gasteiger partial charge on any atom is 0.315 e. The van der Waals surface area contributed by atoms with Crippen LogP contribution in [0.25, 0.3) is 45.0 Å². The van der Waals surface area contributed by atoms with Gasteiger partial charge in [0, 0.05) is 21.9 Å². The first-order valence-corrected chi connectivity index (χ1v) is 21.0. The fourth-order valence-corrected chi connectivity index (χ4v) is 8.02. The smallest absolute Gasteiger partial charge is 0.315 e. The van der Waals surface area contributed by atoms with Crippen molar-refractivity contribution >= 4 is 39.6 Å². The van der Waals surface area contributed by atoms with Crippen LogP contribution in [0.5, 0.6) is 0 Å². The van der Waals surface area contributed by atoms with E-state index in [4.69, 9.17) is 47.2 Å². The van der Waals surface area contributed by atoms with Crippen LogP contribution in [0.1, 0.15) is 89.5 Å². The summed E-state index contributed by atoms with van der Waals surface area (Å²) in [6.45, 7) is 12.0. The van der Waals surface area contributed by atoms with Crippen LogP contribution in [0.15, 0.2) is 45.2 Å². The minimum atomic E-state index is -0.815. The van der Waals surface area contributed by atoms with E-state index in [1.807, 2.05) is 32.0 Å². The zero-order valence-electron chi connectivity index (χ0n) is 34.6. The van der Waals surface area contributed by atoms with Gasteiger partial charge in [-0.3, -0.25) is 4.79 Å². The van der Waals surface area contributed by atoms with E-state index in [0.29, 0.717) is 105 Å². The summed E-state index contributed by atoms with van der Waals surface area (Å²) in [5.41, 5.74) is 8.94. The summed E-state index contributed by atoms with van der Waals surface area (Å²) in [5.74, 6) is 1.01. The molecule has 318 valence electrons. The number of benzene rings is 2. The van der Waals surface area contributed by atoms with Gasteiger partial charge in [0.2, 0.25) is 0 Å². The molecule has 0 amide bonds. The van der Waals surface area contributed by atoms with Crippen molar-refractivity contribution in [1.82, 2.24) is 30.4 Å². The number of aromatic nitrogens is 6. The number of nitrogens with one attached hydrogen (secondary N) is 2. The Morgan fingerprint density at radius 1 is 0.639 bits per heavy atom. The fourth-order valence-electron chi connectivity index (χ4n) is 8.02. The van der Waals surface area contributed by atoms with Crippen LogP contribution < -0.4 is 10.6 Å². The van der Waals surface area contributed by atoms with Crippen LogP contribution in [0.3, 0.4) is 0 Å². The molecule has 4 aromatic heterocycles. The Hall–Kier alpha value is -5.43. The number of hydrogen-bond acceptors (Lipinski definition) is 17. The third-order valence-electron chi connectivity index (χ3n) is 11.6. The Morgan fingerprint density at radius 3 is 1.61 bits per heavy atom. The highest BCUT2D eigenvalue weighted by Crippen LogP contribution is 2.45. The molecule has 11 rings (SSSR count). The predicted molar refractivity (Wildman–Crippen MR) is 221 cm³/mol. The van der Waals surface area contributed by atoms with Crippen molar-refractivity contribution in [3.8, 4) is 23.2 Å². The van der Waals surface area contributed by atoms with Crippen molar-refractivity contribution in [3.63, 3.8) is 0 Å². The van der Waals surface area contributed by atoms with Crippen molar-refractivity contribution in [2.45, 2.75) is 83.6 Å². The first kappa shape index (κ1) is 39.7. The van der Waals surface area contributed by atoms with Crippen molar-refractivity contribution < 1.29 is 42.1 Å². The molecular formula is C44H48N8O9. The Kier molecular flexibility index (Phi) is 10.7. The molecule has 2 saturated carbocycles. The Morgan fingerprint density at radius 2 is 1.11 bits per heavy atom. The standard InChI is InChI=1S/C23H26N4O5.C21H22N4O4/c1-13-9-18(21-26-27-22(32-21)24-12-19-28-5-6-29-19)25-20-16(13)10-15(14-3-4-14)11-17(20)23(2)30-7-8-31-23;1-11-7-17(20-24-25-21(29-20)22-10-18-27-5-6-28-18)23-19-15(11)8-14(13-3-4-13)9-16(19)12(2)26/h9-11,14,19H,3-8,12H2,1-2H3,(H,24,27);7-9,13,18H,3-6,10H2,1-2H3,(H,22,25). The van der Waals surface area contributed by atoms with Crippen LogP contribution in [0.4, 0.5) is 12.0 Å². The molecular weight excluding hydrogens is 785 g/mol. The predicted octanol–water partition coefficient (Wildman–Crippen LogP) is 6.93. The van der Waals surface area contributed by atoms with Gasteiger partial charge in [0.15, 0.2) is 24.2 Å². The quantitative estimate of drug-likeness (QED) is 0.120. The number of nitrogens with zero attached hydrogens (tertiary/aromatic N) is 6. The third-order valence-corrected chi connectivity index (χ3v) is 11.6. The van der Waals surface area contributed by atoms with Crippen molar-refractivity contribution in [2.75, 3.05) is 63.4 Å². The monoisotopic (exact) mass is 832 g/mol. The summed E-state index contributed by atoms with van der Waals surface area (Å²) in [5, 5.41) is 24.6. The summed E-state index contributed by atoms with van der Waals surface area (Å²) >= 11 is 0. The number of pyridine rings is 2. The number of anilines is 2. The van der Waals surface area contributed by atoms with Crippen LogP contribution >= 0.6 is 0 Å². The van der Waals surface area contributed by atoms with E-state index >= 15 is 0 Å². The zero-order valence-corrected chi connectivity index (χ0v) is 34.6. The number of aryl methyl sites for hydroxylation is 2. The summed E-state index contributed by atoms with van der Waals surface area (Å²) in [7, 11) is 0. The van der Waals surface area contributed by atoms with Gasteiger partial charge in [0.25, 0.3) is 11.8 Å². The summed E-state index contributed by atoms with van der Waals surface area (Å²) in [4.78, 5) is 21.9. The number of rotatable bonds is 12. The fraction of sp³-hybridized carbons (Fsp3) is 0.477. The Bertz CT molecular complexity index is 2590. The van der Waals surface area contributed by atoms with Gasteiger partial charge in [0.05, 0.1) is 63.8 Å². The molecule has 3 aliphatic heterocycles. The lowest BCUT2D eigenvalue weighted by atomic mass is 9.95. The number of hydrogen-bond donors (Lipinski definition) is 2. The van der Waals surface area contributed by atoms with Gasteiger partial charge in [-0.2, -0.15) is 0 Å². The molecule has 0 unspecified atom stereocenters. The molecule has 17 heteroatoms. The number of carbonyl (C=O) groups excluding carboxylic acids is 1. The van der Waals surface area contributed by atoms with Crippen molar-refractivity contribution in [3.05, 3.63) is 69.8 Å². The highest BCUT2D eigenvalue weighted by molar-refractivity contribution is 6.07. The van der Waals surface area contributed by atoms with Gasteiger partial charge < -0.3 is 47.9 Å². The molecule has 2 N–H and O–H groups in total. The molecule has 7 heterocycles. The van der Waals surface area contributed by atoms with Crippen LogP contribution in [0.2, 0.25) is 0 Å². The van der Waals surface area contributed by atoms with E-state index in [1.165, 1.54) is 36.8 Å². The number of Topliss-reactive ketones (excluding diaryl/α,β-unsaturated/α-hetero) is 1. The highest BCUT2D eigenvalue weighted by atomic mass is 16.7. The molecule has 0 bridgehead atoms. The second-order valence-corrected chi connectivity index (χ2v) is 16.3. The minimum absolute atomic E-state index is 0.00555. The number of fused-ring (bicyclic) bond motifs is 2. The first-order valence-electron chi connectivity index (χ1n) is 21.0. The Balaban J connectivity index is 0.000000147. The van der Waals surface area contributed by atoms with Crippen molar-refractivity contribution in [1.29, 1.82) is 0 Å². The van der Waals surface area contributed by atoms with Gasteiger partial charge in [0.1, 0.15) is 11.4 Å². The first-order chi connectivity index (χ1) is 29.7. The van der Waals surface area contributed by atoms with Gasteiger partial charge in [-0.15, -0.1) is 10.2 Å². The summed E-state index contributed by atoms with van der Waals surface area (Å²) in [6, 6.07) is 13.1. The second-order valence-electron chi connectivity index (χ2n) is 16.3. The Labute approximate surface area is 351 Å². The van der Waals surface area contributed by atoms with E-state index in [9.17, 15) is 4.79 Å². The molecule has 0 atom stereocenters. The summed E-state index contributed by atoms with van der Waals surface area (Å²) in [6.07, 6.45) is 4.20. The molecule has 2 aliphatic carbocycles.